The topological polar surface area (TPSA) is 18.5 Å². The van der Waals surface area contributed by atoms with Crippen LogP contribution in [0.3, 0.4) is 0 Å². The van der Waals surface area contributed by atoms with Crippen molar-refractivity contribution in [2.45, 2.75) is 32.1 Å². The zero-order chi connectivity index (χ0) is 13.3. The molecule has 2 rings (SSSR count). The Morgan fingerprint density at radius 3 is 2.39 bits per heavy atom. The zero-order valence-corrected chi connectivity index (χ0v) is 12.3. The van der Waals surface area contributed by atoms with E-state index in [1.54, 1.807) is 14.2 Å². The second kappa shape index (κ2) is 5.00. The van der Waals surface area contributed by atoms with Crippen molar-refractivity contribution < 1.29 is 9.47 Å². The Morgan fingerprint density at radius 2 is 1.89 bits per heavy atom. The van der Waals surface area contributed by atoms with Crippen LogP contribution < -0.4 is 9.47 Å². The minimum Gasteiger partial charge on any atom is -0.493 e. The number of halogens is 1. The van der Waals surface area contributed by atoms with Gasteiger partial charge in [-0.2, -0.15) is 0 Å². The van der Waals surface area contributed by atoms with Gasteiger partial charge in [-0.25, -0.2) is 0 Å². The molecule has 2 unspecified atom stereocenters. The monoisotopic (exact) mass is 268 g/mol. The van der Waals surface area contributed by atoms with Gasteiger partial charge >= 0.3 is 0 Å². The molecule has 0 bridgehead atoms. The van der Waals surface area contributed by atoms with Crippen LogP contribution in [0.5, 0.6) is 11.5 Å². The number of alkyl halides is 1. The van der Waals surface area contributed by atoms with Crippen LogP contribution in [-0.2, 0) is 6.42 Å². The summed E-state index contributed by atoms with van der Waals surface area (Å²) in [5.74, 6) is 2.17. The summed E-state index contributed by atoms with van der Waals surface area (Å²) >= 11 is 6.49. The maximum Gasteiger partial charge on any atom is 0.160 e. The molecule has 100 valence electrons. The van der Waals surface area contributed by atoms with Crippen molar-refractivity contribution in [2.75, 3.05) is 14.2 Å². The third-order valence-electron chi connectivity index (χ3n) is 3.90. The van der Waals surface area contributed by atoms with Crippen molar-refractivity contribution in [2.24, 2.45) is 11.3 Å². The highest BCUT2D eigenvalue weighted by Crippen LogP contribution is 2.55. The van der Waals surface area contributed by atoms with Crippen LogP contribution in [0.25, 0.3) is 0 Å². The van der Waals surface area contributed by atoms with Gasteiger partial charge in [-0.15, -0.1) is 11.6 Å². The molecule has 1 aromatic carbocycles. The van der Waals surface area contributed by atoms with Crippen molar-refractivity contribution in [1.82, 2.24) is 0 Å². The van der Waals surface area contributed by atoms with Crippen LogP contribution in [0, 0.1) is 11.3 Å². The Balaban J connectivity index is 2.06. The van der Waals surface area contributed by atoms with E-state index < -0.39 is 0 Å². The minimum absolute atomic E-state index is 0.207. The third-order valence-corrected chi connectivity index (χ3v) is 4.36. The molecule has 2 nitrogen and oxygen atoms in total. The van der Waals surface area contributed by atoms with E-state index >= 15 is 0 Å². The molecule has 0 spiro atoms. The number of hydrogen-bond acceptors (Lipinski definition) is 2. The maximum atomic E-state index is 6.49. The number of ether oxygens (including phenoxy) is 2. The Labute approximate surface area is 114 Å². The fourth-order valence-corrected chi connectivity index (χ4v) is 3.11. The Kier molecular flexibility index (Phi) is 3.76. The second-order valence-corrected chi connectivity index (χ2v) is 6.27. The summed E-state index contributed by atoms with van der Waals surface area (Å²) in [6.45, 7) is 4.56. The van der Waals surface area contributed by atoms with Crippen LogP contribution in [0.15, 0.2) is 18.2 Å². The van der Waals surface area contributed by atoms with Gasteiger partial charge in [0, 0.05) is 5.38 Å². The summed E-state index contributed by atoms with van der Waals surface area (Å²) in [4.78, 5) is 0. The van der Waals surface area contributed by atoms with Gasteiger partial charge in [-0.1, -0.05) is 19.9 Å². The van der Waals surface area contributed by atoms with Gasteiger partial charge in [0.25, 0.3) is 0 Å². The molecule has 0 radical (unpaired) electrons. The molecule has 1 aliphatic rings. The number of methoxy groups -OCH3 is 2. The first-order valence-electron chi connectivity index (χ1n) is 6.33. The largest absolute Gasteiger partial charge is 0.493 e. The molecule has 0 amide bonds. The van der Waals surface area contributed by atoms with E-state index in [1.165, 1.54) is 12.0 Å². The molecular weight excluding hydrogens is 248 g/mol. The lowest BCUT2D eigenvalue weighted by molar-refractivity contribution is 0.354. The highest BCUT2D eigenvalue weighted by atomic mass is 35.5. The summed E-state index contributed by atoms with van der Waals surface area (Å²) < 4.78 is 10.5. The number of rotatable bonds is 5. The Morgan fingerprint density at radius 1 is 1.28 bits per heavy atom. The molecule has 0 aliphatic heterocycles. The van der Waals surface area contributed by atoms with Gasteiger partial charge in [-0.3, -0.25) is 0 Å². The summed E-state index contributed by atoms with van der Waals surface area (Å²) in [5, 5.41) is 0.207. The number of benzene rings is 1. The molecule has 2 atom stereocenters. The summed E-state index contributed by atoms with van der Waals surface area (Å²) in [7, 11) is 3.30. The van der Waals surface area contributed by atoms with Crippen LogP contribution in [0.2, 0.25) is 0 Å². The molecule has 0 N–H and O–H groups in total. The molecule has 1 aliphatic carbocycles. The first-order chi connectivity index (χ1) is 8.47. The normalized spacial score (nSPS) is 22.4. The first-order valence-corrected chi connectivity index (χ1v) is 6.76. The van der Waals surface area contributed by atoms with Crippen LogP contribution >= 0.6 is 11.6 Å². The van der Waals surface area contributed by atoms with E-state index in [1.807, 2.05) is 12.1 Å². The summed E-state index contributed by atoms with van der Waals surface area (Å²) in [6.07, 6.45) is 2.12. The lowest BCUT2D eigenvalue weighted by Gasteiger charge is -2.13. The fourth-order valence-electron chi connectivity index (χ4n) is 2.50. The maximum absolute atomic E-state index is 6.49. The number of hydrogen-bond donors (Lipinski definition) is 0. The van der Waals surface area contributed by atoms with Crippen LogP contribution in [0.4, 0.5) is 0 Å². The predicted molar refractivity (Wildman–Crippen MR) is 74.8 cm³/mol. The van der Waals surface area contributed by atoms with Gasteiger partial charge in [0.2, 0.25) is 0 Å². The molecule has 3 heteroatoms. The van der Waals surface area contributed by atoms with Crippen molar-refractivity contribution in [3.8, 4) is 11.5 Å². The van der Waals surface area contributed by atoms with E-state index in [4.69, 9.17) is 21.1 Å². The quantitative estimate of drug-likeness (QED) is 0.754. The molecule has 0 saturated heterocycles. The second-order valence-electron chi connectivity index (χ2n) is 5.71. The van der Waals surface area contributed by atoms with Gasteiger partial charge in [0.05, 0.1) is 14.2 Å². The van der Waals surface area contributed by atoms with Crippen molar-refractivity contribution >= 4 is 11.6 Å². The fraction of sp³-hybridized carbons (Fsp3) is 0.600. The minimum atomic E-state index is 0.207. The molecule has 0 aromatic heterocycles. The Bertz CT molecular complexity index is 429. The van der Waals surface area contributed by atoms with Gasteiger partial charge in [0.15, 0.2) is 11.5 Å². The highest BCUT2D eigenvalue weighted by molar-refractivity contribution is 6.21. The van der Waals surface area contributed by atoms with E-state index in [2.05, 4.69) is 19.9 Å². The van der Waals surface area contributed by atoms with Gasteiger partial charge in [-0.05, 0) is 41.9 Å². The lowest BCUT2D eigenvalue weighted by atomic mass is 10.0. The van der Waals surface area contributed by atoms with Crippen molar-refractivity contribution in [1.29, 1.82) is 0 Å². The SMILES string of the molecule is COc1ccc(CC(Cl)C2CC2(C)C)cc1OC. The third kappa shape index (κ3) is 2.74. The zero-order valence-electron chi connectivity index (χ0n) is 11.5. The Hall–Kier alpha value is -0.890. The molecule has 18 heavy (non-hydrogen) atoms. The van der Waals surface area contributed by atoms with Gasteiger partial charge in [0.1, 0.15) is 0 Å². The molecule has 1 fully saturated rings. The van der Waals surface area contributed by atoms with E-state index in [9.17, 15) is 0 Å². The standard InChI is InChI=1S/C15H21ClO2/c1-15(2)9-11(15)12(16)7-10-5-6-13(17-3)14(8-10)18-4/h5-6,8,11-12H,7,9H2,1-4H3. The molecule has 1 aromatic rings. The molecule has 1 saturated carbocycles. The summed E-state index contributed by atoms with van der Waals surface area (Å²) in [5.41, 5.74) is 1.62. The van der Waals surface area contributed by atoms with Crippen molar-refractivity contribution in [3.05, 3.63) is 23.8 Å². The average Bonchev–Trinajstić information content (AvgIpc) is 2.98. The smallest absolute Gasteiger partial charge is 0.160 e. The molecular formula is C15H21ClO2. The average molecular weight is 269 g/mol. The van der Waals surface area contributed by atoms with Gasteiger partial charge < -0.3 is 9.47 Å². The van der Waals surface area contributed by atoms with Crippen LogP contribution in [-0.4, -0.2) is 19.6 Å². The van der Waals surface area contributed by atoms with E-state index in [0.717, 1.165) is 17.9 Å². The van der Waals surface area contributed by atoms with Crippen LogP contribution in [0.1, 0.15) is 25.8 Å². The molecule has 0 heterocycles. The van der Waals surface area contributed by atoms with E-state index in [0.29, 0.717) is 11.3 Å². The predicted octanol–water partition coefficient (Wildman–Crippen LogP) is 3.90. The highest BCUT2D eigenvalue weighted by Gasteiger charge is 2.49. The van der Waals surface area contributed by atoms with Crippen molar-refractivity contribution in [3.63, 3.8) is 0 Å². The first kappa shape index (κ1) is 13.5. The van der Waals surface area contributed by atoms with E-state index in [-0.39, 0.29) is 5.38 Å². The summed E-state index contributed by atoms with van der Waals surface area (Å²) in [6, 6.07) is 6.02. The lowest BCUT2D eigenvalue weighted by Crippen LogP contribution is -2.10.